The molecule has 1 saturated carbocycles. The molecule has 2 rings (SSSR count). The fourth-order valence-electron chi connectivity index (χ4n) is 2.61. The molecule has 0 amide bonds. The highest BCUT2D eigenvalue weighted by Gasteiger charge is 2.26. The molecule has 1 heterocycles. The van der Waals surface area contributed by atoms with Crippen LogP contribution >= 0.6 is 0 Å². The van der Waals surface area contributed by atoms with Gasteiger partial charge in [0.2, 0.25) is 0 Å². The summed E-state index contributed by atoms with van der Waals surface area (Å²) >= 11 is 0. The van der Waals surface area contributed by atoms with Crippen LogP contribution in [0.25, 0.3) is 0 Å². The molecule has 1 aromatic rings. The number of aromatic nitrogens is 1. The van der Waals surface area contributed by atoms with Crippen molar-refractivity contribution in [3.05, 3.63) is 30.1 Å². The number of nitrogens with one attached hydrogen (secondary N) is 1. The molecular weight excluding hydrogens is 212 g/mol. The second-order valence-electron chi connectivity index (χ2n) is 4.81. The fourth-order valence-corrected chi connectivity index (χ4v) is 2.61. The minimum atomic E-state index is 0.289. The molecule has 0 saturated heterocycles. The summed E-state index contributed by atoms with van der Waals surface area (Å²) in [5.74, 6) is 0. The molecule has 0 radical (unpaired) electrons. The van der Waals surface area contributed by atoms with E-state index in [9.17, 15) is 0 Å². The molecule has 94 valence electrons. The second-order valence-corrected chi connectivity index (χ2v) is 4.81. The normalized spacial score (nSPS) is 26.7. The third kappa shape index (κ3) is 3.27. The molecule has 1 N–H and O–H groups in total. The van der Waals surface area contributed by atoms with Gasteiger partial charge in [-0.25, -0.2) is 0 Å². The maximum Gasteiger partial charge on any atom is 0.0724 e. The van der Waals surface area contributed by atoms with E-state index in [0.29, 0.717) is 12.1 Å². The quantitative estimate of drug-likeness (QED) is 0.869. The van der Waals surface area contributed by atoms with E-state index < -0.39 is 0 Å². The van der Waals surface area contributed by atoms with Crippen LogP contribution in [0.3, 0.4) is 0 Å². The van der Waals surface area contributed by atoms with Gasteiger partial charge in [0.1, 0.15) is 0 Å². The molecule has 2 unspecified atom stereocenters. The monoisotopic (exact) mass is 234 g/mol. The first-order chi connectivity index (χ1) is 8.31. The largest absolute Gasteiger partial charge is 0.380 e. The summed E-state index contributed by atoms with van der Waals surface area (Å²) in [5.41, 5.74) is 1.10. The lowest BCUT2D eigenvalue weighted by Crippen LogP contribution is -2.44. The van der Waals surface area contributed by atoms with Crippen LogP contribution in [0, 0.1) is 0 Å². The Morgan fingerprint density at radius 2 is 2.18 bits per heavy atom. The lowest BCUT2D eigenvalue weighted by molar-refractivity contribution is 0.0382. The number of pyridine rings is 1. The van der Waals surface area contributed by atoms with Gasteiger partial charge in [0.15, 0.2) is 0 Å². The number of hydrogen-bond acceptors (Lipinski definition) is 3. The SMILES string of the molecule is COC1CCCCC1N[C@H](C)c1ccccn1. The molecule has 3 nitrogen and oxygen atoms in total. The molecule has 1 aliphatic carbocycles. The Bertz CT molecular complexity index is 328. The number of methoxy groups -OCH3 is 1. The van der Waals surface area contributed by atoms with Crippen molar-refractivity contribution in [2.24, 2.45) is 0 Å². The highest BCUT2D eigenvalue weighted by Crippen LogP contribution is 2.23. The lowest BCUT2D eigenvalue weighted by atomic mass is 9.91. The predicted molar refractivity (Wildman–Crippen MR) is 68.8 cm³/mol. The van der Waals surface area contributed by atoms with Crippen molar-refractivity contribution in [2.75, 3.05) is 7.11 Å². The number of ether oxygens (including phenoxy) is 1. The highest BCUT2D eigenvalue weighted by atomic mass is 16.5. The summed E-state index contributed by atoms with van der Waals surface area (Å²) in [5, 5.41) is 3.65. The van der Waals surface area contributed by atoms with Gasteiger partial charge in [-0.15, -0.1) is 0 Å². The van der Waals surface area contributed by atoms with Gasteiger partial charge in [-0.3, -0.25) is 4.98 Å². The van der Waals surface area contributed by atoms with E-state index in [1.165, 1.54) is 25.7 Å². The molecule has 17 heavy (non-hydrogen) atoms. The second kappa shape index (κ2) is 6.12. The van der Waals surface area contributed by atoms with Gasteiger partial charge in [0.25, 0.3) is 0 Å². The van der Waals surface area contributed by atoms with Crippen molar-refractivity contribution in [3.63, 3.8) is 0 Å². The third-order valence-electron chi connectivity index (χ3n) is 3.60. The van der Waals surface area contributed by atoms with Gasteiger partial charge < -0.3 is 10.1 Å². The van der Waals surface area contributed by atoms with Crippen LogP contribution in [-0.2, 0) is 4.74 Å². The minimum absolute atomic E-state index is 0.289. The first-order valence-electron chi connectivity index (χ1n) is 6.51. The molecule has 3 atom stereocenters. The van der Waals surface area contributed by atoms with Gasteiger partial charge in [-0.05, 0) is 31.9 Å². The zero-order chi connectivity index (χ0) is 12.1. The Hall–Kier alpha value is -0.930. The van der Waals surface area contributed by atoms with Crippen LogP contribution in [0.1, 0.15) is 44.3 Å². The van der Waals surface area contributed by atoms with E-state index in [4.69, 9.17) is 4.74 Å². The summed E-state index contributed by atoms with van der Waals surface area (Å²) in [6.07, 6.45) is 7.16. The number of hydrogen-bond donors (Lipinski definition) is 1. The molecule has 1 aromatic heterocycles. The van der Waals surface area contributed by atoms with Crippen molar-refractivity contribution >= 4 is 0 Å². The topological polar surface area (TPSA) is 34.1 Å². The molecule has 0 spiro atoms. The average molecular weight is 234 g/mol. The summed E-state index contributed by atoms with van der Waals surface area (Å²) in [6, 6.07) is 6.81. The molecule has 3 heteroatoms. The predicted octanol–water partition coefficient (Wildman–Crippen LogP) is 2.69. The van der Waals surface area contributed by atoms with E-state index in [1.54, 1.807) is 0 Å². The van der Waals surface area contributed by atoms with E-state index in [1.807, 2.05) is 25.4 Å². The third-order valence-corrected chi connectivity index (χ3v) is 3.60. The lowest BCUT2D eigenvalue weighted by Gasteiger charge is -2.33. The first-order valence-corrected chi connectivity index (χ1v) is 6.51. The Morgan fingerprint density at radius 1 is 1.35 bits per heavy atom. The van der Waals surface area contributed by atoms with Gasteiger partial charge >= 0.3 is 0 Å². The van der Waals surface area contributed by atoms with Gasteiger partial charge in [-0.2, -0.15) is 0 Å². The molecular formula is C14H22N2O. The summed E-state index contributed by atoms with van der Waals surface area (Å²) in [7, 11) is 1.82. The van der Waals surface area contributed by atoms with E-state index in [0.717, 1.165) is 5.69 Å². The highest BCUT2D eigenvalue weighted by molar-refractivity contribution is 5.08. The maximum absolute atomic E-state index is 5.56. The Morgan fingerprint density at radius 3 is 2.88 bits per heavy atom. The molecule has 0 bridgehead atoms. The van der Waals surface area contributed by atoms with Crippen molar-refractivity contribution in [2.45, 2.75) is 50.8 Å². The zero-order valence-electron chi connectivity index (χ0n) is 10.7. The minimum Gasteiger partial charge on any atom is -0.380 e. The average Bonchev–Trinajstić information content (AvgIpc) is 2.40. The summed E-state index contributed by atoms with van der Waals surface area (Å²) in [4.78, 5) is 4.39. The Balaban J connectivity index is 1.95. The standard InChI is InChI=1S/C14H22N2O/c1-11(12-7-5-6-10-15-12)16-13-8-3-4-9-14(13)17-2/h5-7,10-11,13-14,16H,3-4,8-9H2,1-2H3/t11-,13?,14?/m1/s1. The van der Waals surface area contributed by atoms with Crippen LogP contribution in [-0.4, -0.2) is 24.2 Å². The van der Waals surface area contributed by atoms with Crippen molar-refractivity contribution in [1.29, 1.82) is 0 Å². The molecule has 1 aliphatic rings. The summed E-state index contributed by atoms with van der Waals surface area (Å²) in [6.45, 7) is 2.17. The van der Waals surface area contributed by atoms with Gasteiger partial charge in [0, 0.05) is 25.4 Å². The smallest absolute Gasteiger partial charge is 0.0724 e. The Labute approximate surface area is 104 Å². The van der Waals surface area contributed by atoms with Crippen LogP contribution in [0.4, 0.5) is 0 Å². The number of nitrogens with zero attached hydrogens (tertiary/aromatic N) is 1. The van der Waals surface area contributed by atoms with Crippen molar-refractivity contribution in [3.8, 4) is 0 Å². The summed E-state index contributed by atoms with van der Waals surface area (Å²) < 4.78 is 5.56. The first kappa shape index (κ1) is 12.5. The van der Waals surface area contributed by atoms with Crippen LogP contribution in [0.5, 0.6) is 0 Å². The van der Waals surface area contributed by atoms with Crippen LogP contribution in [0.15, 0.2) is 24.4 Å². The zero-order valence-corrected chi connectivity index (χ0v) is 10.7. The number of rotatable bonds is 4. The maximum atomic E-state index is 5.56. The molecule has 0 aliphatic heterocycles. The fraction of sp³-hybridized carbons (Fsp3) is 0.643. The molecule has 0 aromatic carbocycles. The van der Waals surface area contributed by atoms with E-state index in [2.05, 4.69) is 23.3 Å². The van der Waals surface area contributed by atoms with Crippen LogP contribution in [0.2, 0.25) is 0 Å². The Kier molecular flexibility index (Phi) is 4.51. The van der Waals surface area contributed by atoms with Crippen LogP contribution < -0.4 is 5.32 Å². The van der Waals surface area contributed by atoms with E-state index >= 15 is 0 Å². The van der Waals surface area contributed by atoms with E-state index in [-0.39, 0.29) is 6.04 Å². The van der Waals surface area contributed by atoms with Crippen molar-refractivity contribution in [1.82, 2.24) is 10.3 Å². The van der Waals surface area contributed by atoms with Gasteiger partial charge in [0.05, 0.1) is 11.8 Å². The van der Waals surface area contributed by atoms with Crippen molar-refractivity contribution < 1.29 is 4.74 Å². The van der Waals surface area contributed by atoms with Gasteiger partial charge in [-0.1, -0.05) is 18.9 Å². The molecule has 1 fully saturated rings.